The molecule has 42 heavy (non-hydrogen) atoms. The van der Waals surface area contributed by atoms with Gasteiger partial charge in [0.05, 0.1) is 23.5 Å². The first kappa shape index (κ1) is 28.8. The highest BCUT2D eigenvalue weighted by Crippen LogP contribution is 2.24. The highest BCUT2D eigenvalue weighted by Gasteiger charge is 2.39. The molecule has 0 radical (unpaired) electrons. The quantitative estimate of drug-likeness (QED) is 0.279. The summed E-state index contributed by atoms with van der Waals surface area (Å²) in [5.74, 6) is 0.0650. The van der Waals surface area contributed by atoms with Crippen LogP contribution in [0.1, 0.15) is 21.9 Å². The summed E-state index contributed by atoms with van der Waals surface area (Å²) in [6, 6.07) is 14.3. The van der Waals surface area contributed by atoms with Crippen molar-refractivity contribution in [1.82, 2.24) is 38.9 Å². The van der Waals surface area contributed by atoms with Gasteiger partial charge in [0.2, 0.25) is 0 Å². The largest absolute Gasteiger partial charge is 0.416 e. The molecule has 0 aliphatic rings. The highest BCUT2D eigenvalue weighted by atomic mass is 35.5. The number of hydrogen-bond donors (Lipinski definition) is 2. The molecule has 5 aromatic rings. The average Bonchev–Trinajstić information content (AvgIpc) is 3.62. The van der Waals surface area contributed by atoms with Crippen molar-refractivity contribution in [3.63, 3.8) is 0 Å². The van der Waals surface area contributed by atoms with E-state index in [1.807, 2.05) is 0 Å². The van der Waals surface area contributed by atoms with E-state index in [0.717, 1.165) is 14.9 Å². The number of nitrogens with zero attached hydrogens (tertiary/aromatic N) is 8. The van der Waals surface area contributed by atoms with Crippen molar-refractivity contribution in [2.24, 2.45) is 7.05 Å². The Morgan fingerprint density at radius 1 is 1.10 bits per heavy atom. The number of anilines is 1. The maximum absolute atomic E-state index is 13.2. The van der Waals surface area contributed by atoms with E-state index in [0.29, 0.717) is 22.1 Å². The molecule has 0 fully saturated rings. The third-order valence-electron chi connectivity index (χ3n) is 6.23. The topological polar surface area (TPSA) is 138 Å². The molecular formula is C26H23ClF3N9O3. The molecule has 1 amide bonds. The number of hydrogen-bond acceptors (Lipinski definition) is 7. The summed E-state index contributed by atoms with van der Waals surface area (Å²) in [7, 11) is 1.70. The number of aliphatic hydroxyl groups excluding tert-OH is 1. The van der Waals surface area contributed by atoms with Crippen LogP contribution < -0.4 is 11.0 Å². The molecule has 5 rings (SSSR count). The minimum atomic E-state index is -4.95. The first-order valence-electron chi connectivity index (χ1n) is 12.4. The van der Waals surface area contributed by atoms with Crippen LogP contribution >= 0.6 is 11.6 Å². The van der Waals surface area contributed by atoms with Crippen LogP contribution in [-0.4, -0.2) is 62.2 Å². The fourth-order valence-electron chi connectivity index (χ4n) is 4.19. The Bertz CT molecular complexity index is 1810. The van der Waals surface area contributed by atoms with Gasteiger partial charge in [0.1, 0.15) is 18.7 Å². The van der Waals surface area contributed by atoms with E-state index in [-0.39, 0.29) is 23.8 Å². The highest BCUT2D eigenvalue weighted by molar-refractivity contribution is 6.30. The lowest BCUT2D eigenvalue weighted by Crippen LogP contribution is -2.37. The molecule has 0 aliphatic heterocycles. The van der Waals surface area contributed by atoms with Crippen LogP contribution in [0.3, 0.4) is 0 Å². The van der Waals surface area contributed by atoms with Crippen LogP contribution in [0.4, 0.5) is 19.0 Å². The van der Waals surface area contributed by atoms with Crippen molar-refractivity contribution in [3.8, 4) is 17.1 Å². The second kappa shape index (κ2) is 11.3. The van der Waals surface area contributed by atoms with Crippen LogP contribution in [0.15, 0.2) is 65.7 Å². The maximum Gasteiger partial charge on any atom is 0.416 e. The van der Waals surface area contributed by atoms with Crippen LogP contribution in [0.5, 0.6) is 0 Å². The Morgan fingerprint density at radius 3 is 2.48 bits per heavy atom. The van der Waals surface area contributed by atoms with Gasteiger partial charge in [0.15, 0.2) is 17.8 Å². The molecule has 0 saturated heterocycles. The maximum atomic E-state index is 13.2. The van der Waals surface area contributed by atoms with Gasteiger partial charge in [-0.05, 0) is 43.3 Å². The van der Waals surface area contributed by atoms with E-state index in [1.54, 1.807) is 44.3 Å². The third-order valence-corrected chi connectivity index (χ3v) is 6.48. The zero-order valence-corrected chi connectivity index (χ0v) is 22.9. The van der Waals surface area contributed by atoms with E-state index in [4.69, 9.17) is 11.6 Å². The lowest BCUT2D eigenvalue weighted by atomic mass is 10.1. The van der Waals surface area contributed by atoms with E-state index >= 15 is 0 Å². The van der Waals surface area contributed by atoms with Gasteiger partial charge in [-0.2, -0.15) is 18.3 Å². The van der Waals surface area contributed by atoms with Gasteiger partial charge in [-0.1, -0.05) is 23.7 Å². The summed E-state index contributed by atoms with van der Waals surface area (Å²) in [6.45, 7) is 0.427. The van der Waals surface area contributed by atoms with Gasteiger partial charge in [0, 0.05) is 23.7 Å². The number of benzene rings is 2. The summed E-state index contributed by atoms with van der Waals surface area (Å²) in [5, 5.41) is 25.6. The Kier molecular flexibility index (Phi) is 7.71. The first-order chi connectivity index (χ1) is 19.9. The number of carbonyl (C=O) groups excluding carboxylic acids is 1. The van der Waals surface area contributed by atoms with Gasteiger partial charge >= 0.3 is 11.9 Å². The van der Waals surface area contributed by atoms with E-state index < -0.39 is 30.4 Å². The Hall–Kier alpha value is -4.76. The number of aryl methyl sites for hydroxylation is 2. The molecule has 16 heteroatoms. The number of rotatable bonds is 8. The van der Waals surface area contributed by atoms with Crippen molar-refractivity contribution >= 4 is 23.3 Å². The molecule has 1 atom stereocenters. The molecule has 218 valence electrons. The van der Waals surface area contributed by atoms with E-state index in [1.165, 1.54) is 40.0 Å². The summed E-state index contributed by atoms with van der Waals surface area (Å²) in [6.07, 6.45) is -6.41. The zero-order chi connectivity index (χ0) is 30.2. The summed E-state index contributed by atoms with van der Waals surface area (Å²) in [4.78, 5) is 30.4. The smallest absolute Gasteiger partial charge is 0.382 e. The lowest BCUT2D eigenvalue weighted by molar-refractivity contribution is -0.207. The zero-order valence-electron chi connectivity index (χ0n) is 22.1. The van der Waals surface area contributed by atoms with Crippen molar-refractivity contribution in [3.05, 3.63) is 93.5 Å². The number of halogens is 4. The van der Waals surface area contributed by atoms with Crippen molar-refractivity contribution in [1.29, 1.82) is 0 Å². The van der Waals surface area contributed by atoms with Gasteiger partial charge in [-0.25, -0.2) is 19.1 Å². The number of aliphatic hydroxyl groups is 1. The van der Waals surface area contributed by atoms with Gasteiger partial charge in [-0.15, -0.1) is 10.2 Å². The average molecular weight is 602 g/mol. The van der Waals surface area contributed by atoms with Crippen molar-refractivity contribution in [2.45, 2.75) is 32.3 Å². The Morgan fingerprint density at radius 2 is 1.81 bits per heavy atom. The van der Waals surface area contributed by atoms with Crippen LogP contribution in [-0.2, 0) is 20.1 Å². The van der Waals surface area contributed by atoms with Gasteiger partial charge in [0.25, 0.3) is 5.91 Å². The molecular weight excluding hydrogens is 579 g/mol. The predicted octanol–water partition coefficient (Wildman–Crippen LogP) is 3.21. The van der Waals surface area contributed by atoms with Crippen LogP contribution in [0.25, 0.3) is 17.1 Å². The number of aromatic nitrogens is 8. The van der Waals surface area contributed by atoms with Gasteiger partial charge < -0.3 is 10.4 Å². The molecule has 2 aromatic carbocycles. The number of para-hydroxylation sites is 1. The van der Waals surface area contributed by atoms with Crippen molar-refractivity contribution < 1.29 is 23.1 Å². The normalized spacial score (nSPS) is 12.5. The molecule has 3 heterocycles. The SMILES string of the molecule is Cc1cc(NC(=O)c2ccccc2-n2cnc(Cn3nc(-c4ccc(Cl)cc4)n(C[C@H](O)C(F)(F)F)c3=O)n2)n(C)n1. The fraction of sp³-hybridized carbons (Fsp3) is 0.231. The number of amides is 1. The molecule has 0 bridgehead atoms. The van der Waals surface area contributed by atoms with Crippen molar-refractivity contribution in [2.75, 3.05) is 5.32 Å². The molecule has 12 nitrogen and oxygen atoms in total. The number of carbonyl (C=O) groups is 1. The molecule has 3 aromatic heterocycles. The monoisotopic (exact) mass is 601 g/mol. The standard InChI is InChI=1S/C26H23ClF3N9O3/c1-15-11-22(36(2)33-15)32-24(41)18-5-3-4-6-19(18)39-14-31-21(34-39)13-38-25(42)37(12-20(40)26(28,29)30)23(35-38)16-7-9-17(27)10-8-16/h3-11,14,20,40H,12-13H2,1-2H3,(H,32,41)/t20-/m0/s1. The molecule has 0 spiro atoms. The number of alkyl halides is 3. The third kappa shape index (κ3) is 5.96. The Labute approximate surface area is 240 Å². The molecule has 0 unspecified atom stereocenters. The Balaban J connectivity index is 1.45. The van der Waals surface area contributed by atoms with Gasteiger partial charge in [-0.3, -0.25) is 14.0 Å². The van der Waals surface area contributed by atoms with E-state index in [2.05, 4.69) is 25.6 Å². The summed E-state index contributed by atoms with van der Waals surface area (Å²) < 4.78 is 43.9. The molecule has 0 saturated carbocycles. The molecule has 0 aliphatic carbocycles. The molecule has 2 N–H and O–H groups in total. The second-order valence-corrected chi connectivity index (χ2v) is 9.75. The second-order valence-electron chi connectivity index (χ2n) is 9.31. The summed E-state index contributed by atoms with van der Waals surface area (Å²) >= 11 is 5.93. The first-order valence-corrected chi connectivity index (χ1v) is 12.8. The minimum Gasteiger partial charge on any atom is -0.382 e. The predicted molar refractivity (Wildman–Crippen MR) is 145 cm³/mol. The van der Waals surface area contributed by atoms with E-state index in [9.17, 15) is 27.9 Å². The number of nitrogens with one attached hydrogen (secondary N) is 1. The lowest BCUT2D eigenvalue weighted by Gasteiger charge is -2.15. The van der Waals surface area contributed by atoms with Crippen LogP contribution in [0.2, 0.25) is 5.02 Å². The minimum absolute atomic E-state index is 0.0956. The van der Waals surface area contributed by atoms with Crippen LogP contribution in [0, 0.1) is 6.92 Å². The fourth-order valence-corrected chi connectivity index (χ4v) is 4.32. The summed E-state index contributed by atoms with van der Waals surface area (Å²) in [5.41, 5.74) is 0.797.